The third-order valence-electron chi connectivity index (χ3n) is 3.11. The van der Waals surface area contributed by atoms with E-state index in [0.29, 0.717) is 13.0 Å². The Hall–Kier alpha value is -1.67. The Morgan fingerprint density at radius 2 is 2.35 bits per heavy atom. The van der Waals surface area contributed by atoms with Crippen LogP contribution in [0.5, 0.6) is 0 Å². The predicted octanol–water partition coefficient (Wildman–Crippen LogP) is 0.223. The number of thiazole rings is 1. The quantitative estimate of drug-likeness (QED) is 0.738. The maximum absolute atomic E-state index is 11.9. The SMILES string of the molecule is Cc1csc(CCNC(=O)N2C[C@@H](O)C[C@H]2C(=O)O)n1. The molecule has 7 nitrogen and oxygen atoms in total. The number of likely N-dealkylation sites (tertiary alicyclic amines) is 1. The minimum Gasteiger partial charge on any atom is -0.480 e. The predicted molar refractivity (Wildman–Crippen MR) is 72.7 cm³/mol. The van der Waals surface area contributed by atoms with E-state index in [9.17, 15) is 14.7 Å². The van der Waals surface area contributed by atoms with Crippen molar-refractivity contribution in [2.45, 2.75) is 31.9 Å². The molecule has 0 bridgehead atoms. The van der Waals surface area contributed by atoms with Gasteiger partial charge in [-0.1, -0.05) is 0 Å². The number of hydrogen-bond acceptors (Lipinski definition) is 5. The van der Waals surface area contributed by atoms with Crippen LogP contribution >= 0.6 is 11.3 Å². The molecular formula is C12H17N3O4S. The standard InChI is InChI=1S/C12H17N3O4S/c1-7-6-20-10(14-7)2-3-13-12(19)15-5-8(16)4-9(15)11(17)18/h6,8-9,16H,2-5H2,1H3,(H,13,19)(H,17,18)/t8-,9-/m0/s1. The second-order valence-electron chi connectivity index (χ2n) is 4.76. The number of hydrogen-bond donors (Lipinski definition) is 3. The van der Waals surface area contributed by atoms with Gasteiger partial charge in [-0.3, -0.25) is 0 Å². The van der Waals surface area contributed by atoms with Crippen LogP contribution in [0.3, 0.4) is 0 Å². The van der Waals surface area contributed by atoms with Gasteiger partial charge in [0.05, 0.1) is 11.1 Å². The Balaban J connectivity index is 1.83. The van der Waals surface area contributed by atoms with E-state index in [1.54, 1.807) is 0 Å². The number of carbonyl (C=O) groups excluding carboxylic acids is 1. The molecule has 1 fully saturated rings. The van der Waals surface area contributed by atoms with Gasteiger partial charge in [0.1, 0.15) is 6.04 Å². The lowest BCUT2D eigenvalue weighted by atomic mass is 10.2. The Morgan fingerprint density at radius 3 is 2.95 bits per heavy atom. The molecule has 20 heavy (non-hydrogen) atoms. The highest BCUT2D eigenvalue weighted by Gasteiger charge is 2.38. The first-order valence-electron chi connectivity index (χ1n) is 6.33. The smallest absolute Gasteiger partial charge is 0.326 e. The van der Waals surface area contributed by atoms with Crippen molar-refractivity contribution >= 4 is 23.3 Å². The van der Waals surface area contributed by atoms with E-state index in [-0.39, 0.29) is 13.0 Å². The molecule has 2 amide bonds. The monoisotopic (exact) mass is 299 g/mol. The van der Waals surface area contributed by atoms with Gasteiger partial charge >= 0.3 is 12.0 Å². The highest BCUT2D eigenvalue weighted by atomic mass is 32.1. The number of aryl methyl sites for hydroxylation is 1. The lowest BCUT2D eigenvalue weighted by molar-refractivity contribution is -0.141. The normalized spacial score (nSPS) is 22.0. The van der Waals surface area contributed by atoms with E-state index in [0.717, 1.165) is 10.7 Å². The molecule has 0 spiro atoms. The van der Waals surface area contributed by atoms with E-state index in [1.807, 2.05) is 12.3 Å². The van der Waals surface area contributed by atoms with Gasteiger partial charge in [0.25, 0.3) is 0 Å². The first-order valence-corrected chi connectivity index (χ1v) is 7.21. The maximum atomic E-state index is 11.9. The highest BCUT2D eigenvalue weighted by molar-refractivity contribution is 7.09. The van der Waals surface area contributed by atoms with Crippen LogP contribution in [0, 0.1) is 6.92 Å². The van der Waals surface area contributed by atoms with Crippen molar-refractivity contribution in [1.82, 2.24) is 15.2 Å². The number of nitrogens with one attached hydrogen (secondary N) is 1. The second kappa shape index (κ2) is 6.19. The number of aromatic nitrogens is 1. The summed E-state index contributed by atoms with van der Waals surface area (Å²) in [5.74, 6) is -1.09. The molecule has 1 aromatic rings. The molecule has 1 saturated heterocycles. The molecule has 2 atom stereocenters. The Morgan fingerprint density at radius 1 is 1.60 bits per heavy atom. The first-order chi connectivity index (χ1) is 9.47. The number of aliphatic hydroxyl groups is 1. The van der Waals surface area contributed by atoms with Crippen molar-refractivity contribution in [1.29, 1.82) is 0 Å². The topological polar surface area (TPSA) is 103 Å². The van der Waals surface area contributed by atoms with Gasteiger partial charge in [0.2, 0.25) is 0 Å². The number of rotatable bonds is 4. The first kappa shape index (κ1) is 14.7. The van der Waals surface area contributed by atoms with Gasteiger partial charge in [0, 0.05) is 37.0 Å². The minimum atomic E-state index is -1.09. The van der Waals surface area contributed by atoms with Crippen LogP contribution < -0.4 is 5.32 Å². The van der Waals surface area contributed by atoms with Gasteiger partial charge in [-0.2, -0.15) is 0 Å². The third kappa shape index (κ3) is 3.45. The summed E-state index contributed by atoms with van der Waals surface area (Å²) in [6.45, 7) is 2.35. The number of nitrogens with zero attached hydrogens (tertiary/aromatic N) is 2. The molecule has 0 radical (unpaired) electrons. The molecule has 110 valence electrons. The molecule has 0 aliphatic carbocycles. The number of aliphatic carboxylic acids is 1. The van der Waals surface area contributed by atoms with Crippen LogP contribution in [0.4, 0.5) is 4.79 Å². The van der Waals surface area contributed by atoms with E-state index < -0.39 is 24.1 Å². The van der Waals surface area contributed by atoms with E-state index in [2.05, 4.69) is 10.3 Å². The van der Waals surface area contributed by atoms with Crippen LogP contribution in [0.25, 0.3) is 0 Å². The zero-order chi connectivity index (χ0) is 14.7. The molecule has 1 aromatic heterocycles. The van der Waals surface area contributed by atoms with Gasteiger partial charge in [-0.15, -0.1) is 11.3 Å². The fourth-order valence-electron chi connectivity index (χ4n) is 2.17. The largest absolute Gasteiger partial charge is 0.480 e. The van der Waals surface area contributed by atoms with Crippen molar-refractivity contribution in [2.75, 3.05) is 13.1 Å². The summed E-state index contributed by atoms with van der Waals surface area (Å²) in [5, 5.41) is 24.0. The summed E-state index contributed by atoms with van der Waals surface area (Å²) >= 11 is 1.53. The van der Waals surface area contributed by atoms with E-state index in [1.165, 1.54) is 16.2 Å². The molecular weight excluding hydrogens is 282 g/mol. The second-order valence-corrected chi connectivity index (χ2v) is 5.70. The lowest BCUT2D eigenvalue weighted by Gasteiger charge is -2.21. The molecule has 0 saturated carbocycles. The Labute approximate surface area is 120 Å². The van der Waals surface area contributed by atoms with Crippen LogP contribution in [-0.2, 0) is 11.2 Å². The van der Waals surface area contributed by atoms with E-state index in [4.69, 9.17) is 5.11 Å². The Kier molecular flexibility index (Phi) is 4.56. The molecule has 8 heteroatoms. The molecule has 0 aromatic carbocycles. The van der Waals surface area contributed by atoms with Gasteiger partial charge < -0.3 is 20.4 Å². The van der Waals surface area contributed by atoms with Gasteiger partial charge in [-0.25, -0.2) is 14.6 Å². The molecule has 3 N–H and O–H groups in total. The number of aliphatic hydroxyl groups excluding tert-OH is 1. The van der Waals surface area contributed by atoms with Gasteiger partial charge in [-0.05, 0) is 6.92 Å². The van der Waals surface area contributed by atoms with Crippen LogP contribution in [0.1, 0.15) is 17.1 Å². The average Bonchev–Trinajstić information content (AvgIpc) is 2.95. The summed E-state index contributed by atoms with van der Waals surface area (Å²) < 4.78 is 0. The van der Waals surface area contributed by atoms with Crippen molar-refractivity contribution in [3.05, 3.63) is 16.1 Å². The minimum absolute atomic E-state index is 0.0547. The van der Waals surface area contributed by atoms with E-state index >= 15 is 0 Å². The van der Waals surface area contributed by atoms with Crippen LogP contribution in [0.15, 0.2) is 5.38 Å². The molecule has 2 heterocycles. The summed E-state index contributed by atoms with van der Waals surface area (Å²) in [5.41, 5.74) is 0.949. The number of urea groups is 1. The van der Waals surface area contributed by atoms with Crippen molar-refractivity contribution in [3.63, 3.8) is 0 Å². The fraction of sp³-hybridized carbons (Fsp3) is 0.583. The maximum Gasteiger partial charge on any atom is 0.326 e. The molecule has 2 rings (SSSR count). The summed E-state index contributed by atoms with van der Waals surface area (Å²) in [6.07, 6.45) is -0.0873. The number of β-amino-alcohol motifs (C(OH)–C–C–N with tert-alkyl or cyclic N) is 1. The number of carboxylic acid groups (broad SMARTS) is 1. The van der Waals surface area contributed by atoms with Crippen molar-refractivity contribution in [3.8, 4) is 0 Å². The number of amides is 2. The highest BCUT2D eigenvalue weighted by Crippen LogP contribution is 2.18. The Bertz CT molecular complexity index is 505. The van der Waals surface area contributed by atoms with Crippen molar-refractivity contribution < 1.29 is 19.8 Å². The molecule has 1 aliphatic heterocycles. The summed E-state index contributed by atoms with van der Waals surface area (Å²) in [7, 11) is 0. The summed E-state index contributed by atoms with van der Waals surface area (Å²) in [4.78, 5) is 28.4. The lowest BCUT2D eigenvalue weighted by Crippen LogP contribution is -2.46. The number of carboxylic acids is 1. The zero-order valence-electron chi connectivity index (χ0n) is 11.1. The van der Waals surface area contributed by atoms with Crippen LogP contribution in [0.2, 0.25) is 0 Å². The zero-order valence-corrected chi connectivity index (χ0v) is 11.9. The summed E-state index contributed by atoms with van der Waals surface area (Å²) in [6, 6.07) is -1.41. The number of carbonyl (C=O) groups is 2. The average molecular weight is 299 g/mol. The fourth-order valence-corrected chi connectivity index (χ4v) is 2.94. The van der Waals surface area contributed by atoms with Crippen molar-refractivity contribution in [2.24, 2.45) is 0 Å². The molecule has 0 unspecified atom stereocenters. The van der Waals surface area contributed by atoms with Crippen LogP contribution in [-0.4, -0.2) is 57.3 Å². The third-order valence-corrected chi connectivity index (χ3v) is 4.13. The molecule has 1 aliphatic rings. The van der Waals surface area contributed by atoms with Gasteiger partial charge in [0.15, 0.2) is 0 Å².